The van der Waals surface area contributed by atoms with Crippen LogP contribution in [0.1, 0.15) is 54.4 Å². The first kappa shape index (κ1) is 18.9. The summed E-state index contributed by atoms with van der Waals surface area (Å²) in [5.74, 6) is -0.00456. The molecule has 0 aliphatic rings. The molecule has 20 heavy (non-hydrogen) atoms. The fraction of sp³-hybridized carbons (Fsp3) is 0.867. The van der Waals surface area contributed by atoms with Crippen LogP contribution in [0.15, 0.2) is 0 Å². The molecule has 2 amide bonds. The van der Waals surface area contributed by atoms with E-state index >= 15 is 0 Å². The Morgan fingerprint density at radius 2 is 1.45 bits per heavy atom. The highest BCUT2D eigenvalue weighted by Gasteiger charge is 2.23. The third-order valence-corrected chi connectivity index (χ3v) is 3.67. The van der Waals surface area contributed by atoms with Gasteiger partial charge in [0, 0.05) is 19.1 Å². The molecule has 0 aliphatic carbocycles. The van der Waals surface area contributed by atoms with Crippen LogP contribution in [0.4, 0.5) is 0 Å². The molecule has 0 fully saturated rings. The van der Waals surface area contributed by atoms with Crippen LogP contribution < -0.4 is 10.6 Å². The molecule has 0 aliphatic heterocycles. The van der Waals surface area contributed by atoms with Crippen LogP contribution in [-0.4, -0.2) is 47.9 Å². The van der Waals surface area contributed by atoms with Crippen molar-refractivity contribution in [2.24, 2.45) is 0 Å². The Balaban J connectivity index is 4.40. The van der Waals surface area contributed by atoms with Gasteiger partial charge in [0.15, 0.2) is 0 Å². The number of carbonyl (C=O) groups excluding carboxylic acids is 2. The van der Waals surface area contributed by atoms with Crippen LogP contribution in [0.25, 0.3) is 0 Å². The summed E-state index contributed by atoms with van der Waals surface area (Å²) >= 11 is 0. The number of rotatable bonds is 9. The zero-order valence-electron chi connectivity index (χ0n) is 13.8. The highest BCUT2D eigenvalue weighted by Crippen LogP contribution is 1.99. The third-order valence-electron chi connectivity index (χ3n) is 3.67. The Bertz CT molecular complexity index is 299. The van der Waals surface area contributed by atoms with Crippen molar-refractivity contribution in [1.29, 1.82) is 0 Å². The molecule has 2 atom stereocenters. The summed E-state index contributed by atoms with van der Waals surface area (Å²) in [6, 6.07) is -0.511. The molecule has 0 aromatic carbocycles. The summed E-state index contributed by atoms with van der Waals surface area (Å²) in [4.78, 5) is 25.9. The van der Waals surface area contributed by atoms with Gasteiger partial charge in [-0.25, -0.2) is 0 Å². The number of likely N-dealkylation sites (N-methyl/N-ethyl adjacent to an activating group) is 1. The van der Waals surface area contributed by atoms with Gasteiger partial charge < -0.3 is 10.2 Å². The normalized spacial score (nSPS) is 13.9. The van der Waals surface area contributed by atoms with Crippen molar-refractivity contribution in [1.82, 2.24) is 15.5 Å². The highest BCUT2D eigenvalue weighted by atomic mass is 16.2. The standard InChI is InChI=1S/C15H31N3O2/c1-7-13(8-2)17-14(19)11(5)16-12(6)15(20)18(9-3)10-4/h11-13,16H,7-10H2,1-6H3,(H,17,19). The van der Waals surface area contributed by atoms with Crippen LogP contribution in [0.3, 0.4) is 0 Å². The average molecular weight is 285 g/mol. The summed E-state index contributed by atoms with van der Waals surface area (Å²) in [6.45, 7) is 13.0. The molecule has 0 radical (unpaired) electrons. The Kier molecular flexibility index (Phi) is 9.21. The summed E-state index contributed by atoms with van der Waals surface area (Å²) in [5.41, 5.74) is 0. The maximum atomic E-state index is 12.1. The number of amides is 2. The molecule has 2 N–H and O–H groups in total. The molecular formula is C15H31N3O2. The highest BCUT2D eigenvalue weighted by molar-refractivity contribution is 5.85. The van der Waals surface area contributed by atoms with Gasteiger partial charge in [-0.05, 0) is 40.5 Å². The Labute approximate surface area is 123 Å². The van der Waals surface area contributed by atoms with Gasteiger partial charge in [0.2, 0.25) is 11.8 Å². The molecule has 0 bridgehead atoms. The second kappa shape index (κ2) is 9.75. The topological polar surface area (TPSA) is 61.4 Å². The SMILES string of the molecule is CCC(CC)NC(=O)C(C)NC(C)C(=O)N(CC)CC. The fourth-order valence-corrected chi connectivity index (χ4v) is 2.15. The zero-order valence-corrected chi connectivity index (χ0v) is 13.8. The predicted molar refractivity (Wildman–Crippen MR) is 82.5 cm³/mol. The van der Waals surface area contributed by atoms with E-state index in [1.807, 2.05) is 20.8 Å². The van der Waals surface area contributed by atoms with Gasteiger partial charge in [0.25, 0.3) is 0 Å². The Morgan fingerprint density at radius 1 is 0.950 bits per heavy atom. The molecule has 5 nitrogen and oxygen atoms in total. The van der Waals surface area contributed by atoms with Crippen molar-refractivity contribution >= 4 is 11.8 Å². The molecule has 0 spiro atoms. The molecule has 0 aromatic rings. The minimum Gasteiger partial charge on any atom is -0.352 e. The molecule has 0 saturated heterocycles. The van der Waals surface area contributed by atoms with E-state index < -0.39 is 0 Å². The molecule has 118 valence electrons. The van der Waals surface area contributed by atoms with Gasteiger partial charge in [0.05, 0.1) is 12.1 Å². The van der Waals surface area contributed by atoms with E-state index in [1.54, 1.807) is 11.8 Å². The second-order valence-electron chi connectivity index (χ2n) is 5.14. The maximum absolute atomic E-state index is 12.1. The number of hydrogen-bond acceptors (Lipinski definition) is 3. The number of hydrogen-bond donors (Lipinski definition) is 2. The largest absolute Gasteiger partial charge is 0.352 e. The summed E-state index contributed by atoms with van der Waals surface area (Å²) in [5, 5.41) is 6.07. The summed E-state index contributed by atoms with van der Waals surface area (Å²) < 4.78 is 0. The number of nitrogens with zero attached hydrogens (tertiary/aromatic N) is 1. The van der Waals surface area contributed by atoms with Crippen LogP contribution in [-0.2, 0) is 9.59 Å². The van der Waals surface area contributed by atoms with Crippen molar-refractivity contribution in [3.8, 4) is 0 Å². The van der Waals surface area contributed by atoms with Gasteiger partial charge in [-0.3, -0.25) is 14.9 Å². The van der Waals surface area contributed by atoms with Crippen molar-refractivity contribution in [2.45, 2.75) is 72.5 Å². The van der Waals surface area contributed by atoms with E-state index in [1.165, 1.54) is 0 Å². The first-order valence-electron chi connectivity index (χ1n) is 7.76. The Hall–Kier alpha value is -1.10. The fourth-order valence-electron chi connectivity index (χ4n) is 2.15. The van der Waals surface area contributed by atoms with E-state index in [0.29, 0.717) is 13.1 Å². The van der Waals surface area contributed by atoms with E-state index in [9.17, 15) is 9.59 Å². The molecule has 0 saturated carbocycles. The van der Waals surface area contributed by atoms with Crippen LogP contribution in [0, 0.1) is 0 Å². The molecule has 0 heterocycles. The monoisotopic (exact) mass is 285 g/mol. The smallest absolute Gasteiger partial charge is 0.239 e. The Morgan fingerprint density at radius 3 is 1.85 bits per heavy atom. The van der Waals surface area contributed by atoms with E-state index in [2.05, 4.69) is 24.5 Å². The lowest BCUT2D eigenvalue weighted by atomic mass is 10.1. The van der Waals surface area contributed by atoms with Gasteiger partial charge in [-0.2, -0.15) is 0 Å². The average Bonchev–Trinajstić information content (AvgIpc) is 2.45. The van der Waals surface area contributed by atoms with Crippen LogP contribution >= 0.6 is 0 Å². The van der Waals surface area contributed by atoms with Crippen molar-refractivity contribution in [3.63, 3.8) is 0 Å². The maximum Gasteiger partial charge on any atom is 0.239 e. The zero-order chi connectivity index (χ0) is 15.7. The van der Waals surface area contributed by atoms with Gasteiger partial charge >= 0.3 is 0 Å². The van der Waals surface area contributed by atoms with Crippen molar-refractivity contribution in [2.75, 3.05) is 13.1 Å². The minimum atomic E-state index is -0.370. The van der Waals surface area contributed by atoms with Gasteiger partial charge in [-0.1, -0.05) is 13.8 Å². The third kappa shape index (κ3) is 5.90. The molecule has 0 aromatic heterocycles. The second-order valence-corrected chi connectivity index (χ2v) is 5.14. The van der Waals surface area contributed by atoms with Crippen LogP contribution in [0.2, 0.25) is 0 Å². The van der Waals surface area contributed by atoms with Gasteiger partial charge in [0.1, 0.15) is 0 Å². The predicted octanol–water partition coefficient (Wildman–Crippen LogP) is 1.53. The molecule has 2 unspecified atom stereocenters. The lowest BCUT2D eigenvalue weighted by Crippen LogP contribution is -2.53. The summed E-state index contributed by atoms with van der Waals surface area (Å²) in [7, 11) is 0. The van der Waals surface area contributed by atoms with Gasteiger partial charge in [-0.15, -0.1) is 0 Å². The van der Waals surface area contributed by atoms with E-state index in [0.717, 1.165) is 12.8 Å². The lowest BCUT2D eigenvalue weighted by Gasteiger charge is -2.26. The first-order chi connectivity index (χ1) is 9.40. The van der Waals surface area contributed by atoms with Crippen molar-refractivity contribution < 1.29 is 9.59 Å². The quantitative estimate of drug-likeness (QED) is 0.675. The van der Waals surface area contributed by atoms with E-state index in [-0.39, 0.29) is 29.9 Å². The minimum absolute atomic E-state index is 0.0391. The summed E-state index contributed by atoms with van der Waals surface area (Å²) in [6.07, 6.45) is 1.84. The first-order valence-corrected chi connectivity index (χ1v) is 7.76. The van der Waals surface area contributed by atoms with Crippen molar-refractivity contribution in [3.05, 3.63) is 0 Å². The van der Waals surface area contributed by atoms with E-state index in [4.69, 9.17) is 0 Å². The molecule has 5 heteroatoms. The van der Waals surface area contributed by atoms with Crippen LogP contribution in [0.5, 0.6) is 0 Å². The number of nitrogens with one attached hydrogen (secondary N) is 2. The molecular weight excluding hydrogens is 254 g/mol. The lowest BCUT2D eigenvalue weighted by molar-refractivity contribution is -0.133. The molecule has 0 rings (SSSR count). The number of carbonyl (C=O) groups is 2.